The van der Waals surface area contributed by atoms with E-state index in [1.54, 1.807) is 18.0 Å². The van der Waals surface area contributed by atoms with Crippen molar-refractivity contribution in [1.82, 2.24) is 19.4 Å². The van der Waals surface area contributed by atoms with Gasteiger partial charge in [-0.1, -0.05) is 11.8 Å². The summed E-state index contributed by atoms with van der Waals surface area (Å²) in [7, 11) is 0. The second kappa shape index (κ2) is 9.78. The number of carbonyl (C=O) groups excluding carboxylic acids is 1. The van der Waals surface area contributed by atoms with Crippen LogP contribution in [-0.4, -0.2) is 77.5 Å². The third-order valence-electron chi connectivity index (χ3n) is 6.04. The molecule has 2 aliphatic rings. The zero-order chi connectivity index (χ0) is 20.1. The molecule has 2 saturated heterocycles. The van der Waals surface area contributed by atoms with Gasteiger partial charge in [0.2, 0.25) is 0 Å². The van der Waals surface area contributed by atoms with Crippen LogP contribution in [0, 0.1) is 5.92 Å². The number of benzene rings is 1. The standard InChI is InChI=1S/C22H30N4O2S/c1-29-22-23-9-13-26(22)20-4-2-19(3-5-20)21(27)25-11-7-18(8-12-25)6-10-24-14-16-28-17-15-24/h2-5,9,13,18H,6-8,10-12,14-17H2,1H3. The third kappa shape index (κ3) is 5.02. The van der Waals surface area contributed by atoms with Gasteiger partial charge in [0.05, 0.1) is 13.2 Å². The molecule has 156 valence electrons. The first-order valence-electron chi connectivity index (χ1n) is 10.5. The van der Waals surface area contributed by atoms with Gasteiger partial charge in [-0.25, -0.2) is 4.98 Å². The van der Waals surface area contributed by atoms with Gasteiger partial charge < -0.3 is 9.64 Å². The summed E-state index contributed by atoms with van der Waals surface area (Å²) in [6.07, 6.45) is 9.22. The number of imidazole rings is 1. The number of hydrogen-bond donors (Lipinski definition) is 0. The lowest BCUT2D eigenvalue weighted by Gasteiger charge is -2.34. The Morgan fingerprint density at radius 2 is 1.86 bits per heavy atom. The van der Waals surface area contributed by atoms with Crippen LogP contribution in [0.25, 0.3) is 5.69 Å². The number of morpholine rings is 1. The molecule has 0 radical (unpaired) electrons. The fourth-order valence-electron chi connectivity index (χ4n) is 4.20. The minimum absolute atomic E-state index is 0.152. The molecule has 0 aliphatic carbocycles. The number of piperidine rings is 1. The van der Waals surface area contributed by atoms with Gasteiger partial charge in [-0.15, -0.1) is 0 Å². The lowest BCUT2D eigenvalue weighted by molar-refractivity contribution is 0.0332. The maximum absolute atomic E-state index is 12.9. The van der Waals surface area contributed by atoms with Crippen molar-refractivity contribution in [2.75, 3.05) is 52.2 Å². The zero-order valence-electron chi connectivity index (χ0n) is 17.1. The number of amides is 1. The number of aromatic nitrogens is 2. The van der Waals surface area contributed by atoms with Crippen LogP contribution in [-0.2, 0) is 4.74 Å². The zero-order valence-corrected chi connectivity index (χ0v) is 17.9. The van der Waals surface area contributed by atoms with E-state index in [-0.39, 0.29) is 5.91 Å². The average Bonchev–Trinajstić information content (AvgIpc) is 3.27. The third-order valence-corrected chi connectivity index (χ3v) is 6.71. The lowest BCUT2D eigenvalue weighted by Crippen LogP contribution is -2.40. The van der Waals surface area contributed by atoms with E-state index < -0.39 is 0 Å². The van der Waals surface area contributed by atoms with Crippen LogP contribution >= 0.6 is 11.8 Å². The Hall–Kier alpha value is -1.83. The molecule has 29 heavy (non-hydrogen) atoms. The second-order valence-electron chi connectivity index (χ2n) is 7.81. The highest BCUT2D eigenvalue weighted by Crippen LogP contribution is 2.23. The Morgan fingerprint density at radius 3 is 2.55 bits per heavy atom. The summed E-state index contributed by atoms with van der Waals surface area (Å²) >= 11 is 1.61. The topological polar surface area (TPSA) is 50.6 Å². The SMILES string of the molecule is CSc1nccn1-c1ccc(C(=O)N2CCC(CCN3CCOCC3)CC2)cc1. The Labute approximate surface area is 177 Å². The maximum Gasteiger partial charge on any atom is 0.253 e. The number of nitrogens with zero attached hydrogens (tertiary/aromatic N) is 4. The number of carbonyl (C=O) groups is 1. The molecule has 0 bridgehead atoms. The molecule has 2 aliphatic heterocycles. The first kappa shape index (κ1) is 20.4. The summed E-state index contributed by atoms with van der Waals surface area (Å²) in [5.41, 5.74) is 1.80. The molecule has 0 atom stereocenters. The Balaban J connectivity index is 1.28. The molecule has 1 amide bonds. The van der Waals surface area contributed by atoms with Gasteiger partial charge in [0.1, 0.15) is 0 Å². The van der Waals surface area contributed by atoms with Crippen LogP contribution in [0.15, 0.2) is 41.8 Å². The van der Waals surface area contributed by atoms with Gasteiger partial charge in [0.15, 0.2) is 5.16 Å². The second-order valence-corrected chi connectivity index (χ2v) is 8.58. The molecule has 0 N–H and O–H groups in total. The lowest BCUT2D eigenvalue weighted by atomic mass is 9.93. The van der Waals surface area contributed by atoms with Gasteiger partial charge in [-0.05, 0) is 62.2 Å². The highest BCUT2D eigenvalue weighted by atomic mass is 32.2. The van der Waals surface area contributed by atoms with Crippen molar-refractivity contribution in [3.8, 4) is 5.69 Å². The maximum atomic E-state index is 12.9. The molecule has 6 nitrogen and oxygen atoms in total. The fourth-order valence-corrected chi connectivity index (χ4v) is 4.73. The van der Waals surface area contributed by atoms with E-state index in [0.29, 0.717) is 0 Å². The van der Waals surface area contributed by atoms with E-state index in [2.05, 4.69) is 9.88 Å². The van der Waals surface area contributed by atoms with Gasteiger partial charge in [0, 0.05) is 49.8 Å². The molecular weight excluding hydrogens is 384 g/mol. The van der Waals surface area contributed by atoms with Crippen molar-refractivity contribution in [3.05, 3.63) is 42.2 Å². The van der Waals surface area contributed by atoms with Crippen LogP contribution in [0.5, 0.6) is 0 Å². The molecule has 3 heterocycles. The van der Waals surface area contributed by atoms with Crippen LogP contribution < -0.4 is 0 Å². The summed E-state index contributed by atoms with van der Waals surface area (Å²) in [4.78, 5) is 21.8. The number of thioether (sulfide) groups is 1. The minimum atomic E-state index is 0.152. The van der Waals surface area contributed by atoms with Gasteiger partial charge >= 0.3 is 0 Å². The molecule has 1 aromatic carbocycles. The normalized spacial score (nSPS) is 18.9. The summed E-state index contributed by atoms with van der Waals surface area (Å²) in [5, 5.41) is 0.947. The smallest absolute Gasteiger partial charge is 0.253 e. The van der Waals surface area contributed by atoms with Crippen molar-refractivity contribution >= 4 is 17.7 Å². The fraction of sp³-hybridized carbons (Fsp3) is 0.545. The monoisotopic (exact) mass is 414 g/mol. The van der Waals surface area contributed by atoms with Gasteiger partial charge in [-0.2, -0.15) is 0 Å². The van der Waals surface area contributed by atoms with Crippen molar-refractivity contribution in [2.24, 2.45) is 5.92 Å². The average molecular weight is 415 g/mol. The molecule has 4 rings (SSSR count). The Bertz CT molecular complexity index is 793. The summed E-state index contributed by atoms with van der Waals surface area (Å²) < 4.78 is 7.46. The van der Waals surface area contributed by atoms with Gasteiger partial charge in [0.25, 0.3) is 5.91 Å². The number of likely N-dealkylation sites (tertiary alicyclic amines) is 1. The first-order chi connectivity index (χ1) is 14.2. The minimum Gasteiger partial charge on any atom is -0.379 e. The first-order valence-corrected chi connectivity index (χ1v) is 11.7. The van der Waals surface area contributed by atoms with Crippen LogP contribution in [0.4, 0.5) is 0 Å². The molecule has 0 spiro atoms. The van der Waals surface area contributed by atoms with Crippen LogP contribution in [0.1, 0.15) is 29.6 Å². The van der Waals surface area contributed by atoms with E-state index >= 15 is 0 Å². The van der Waals surface area contributed by atoms with Crippen LogP contribution in [0.2, 0.25) is 0 Å². The van der Waals surface area contributed by atoms with Crippen LogP contribution in [0.3, 0.4) is 0 Å². The molecule has 1 aromatic heterocycles. The predicted octanol–water partition coefficient (Wildman–Crippen LogP) is 3.17. The van der Waals surface area contributed by atoms with E-state index in [4.69, 9.17) is 4.74 Å². The molecular formula is C22H30N4O2S. The number of rotatable bonds is 6. The van der Waals surface area contributed by atoms with E-state index in [1.807, 2.05) is 46.2 Å². The molecule has 2 aromatic rings. The number of hydrogen-bond acceptors (Lipinski definition) is 5. The molecule has 0 unspecified atom stereocenters. The molecule has 0 saturated carbocycles. The van der Waals surface area contributed by atoms with Crippen molar-refractivity contribution < 1.29 is 9.53 Å². The van der Waals surface area contributed by atoms with E-state index in [9.17, 15) is 4.79 Å². The number of ether oxygens (including phenoxy) is 1. The van der Waals surface area contributed by atoms with E-state index in [0.717, 1.165) is 81.1 Å². The Kier molecular flexibility index (Phi) is 6.90. The molecule has 2 fully saturated rings. The quantitative estimate of drug-likeness (QED) is 0.680. The van der Waals surface area contributed by atoms with Crippen molar-refractivity contribution in [3.63, 3.8) is 0 Å². The largest absolute Gasteiger partial charge is 0.379 e. The van der Waals surface area contributed by atoms with Crippen molar-refractivity contribution in [1.29, 1.82) is 0 Å². The predicted molar refractivity (Wildman–Crippen MR) is 116 cm³/mol. The highest BCUT2D eigenvalue weighted by Gasteiger charge is 2.24. The van der Waals surface area contributed by atoms with Crippen molar-refractivity contribution in [2.45, 2.75) is 24.4 Å². The summed E-state index contributed by atoms with van der Waals surface area (Å²) in [6.45, 7) is 6.75. The Morgan fingerprint density at radius 1 is 1.14 bits per heavy atom. The highest BCUT2D eigenvalue weighted by molar-refractivity contribution is 7.98. The molecule has 7 heteroatoms. The van der Waals surface area contributed by atoms with E-state index in [1.165, 1.54) is 6.42 Å². The van der Waals surface area contributed by atoms with Gasteiger partial charge in [-0.3, -0.25) is 14.3 Å². The summed E-state index contributed by atoms with van der Waals surface area (Å²) in [6, 6.07) is 7.88. The summed E-state index contributed by atoms with van der Waals surface area (Å²) in [5.74, 6) is 0.884.